The van der Waals surface area contributed by atoms with Crippen molar-refractivity contribution in [3.63, 3.8) is 0 Å². The molecule has 0 unspecified atom stereocenters. The van der Waals surface area contributed by atoms with Crippen LogP contribution in [0.5, 0.6) is 5.75 Å². The van der Waals surface area contributed by atoms with Gasteiger partial charge in [0.25, 0.3) is 11.8 Å². The Hall–Kier alpha value is -4.25. The number of benzene rings is 2. The number of carbonyl (C=O) groups is 2. The number of H-pyrrole nitrogens is 1. The molecule has 0 saturated carbocycles. The number of hydrazine groups is 1. The molecule has 0 saturated heterocycles. The lowest BCUT2D eigenvalue weighted by Gasteiger charge is -2.11. The summed E-state index contributed by atoms with van der Waals surface area (Å²) in [5, 5.41) is 6.89. The van der Waals surface area contributed by atoms with Crippen LogP contribution >= 0.6 is 12.2 Å². The van der Waals surface area contributed by atoms with E-state index in [2.05, 4.69) is 21.0 Å². The minimum Gasteiger partial charge on any atom is -0.497 e. The summed E-state index contributed by atoms with van der Waals surface area (Å²) in [5.41, 5.74) is 8.15. The molecule has 3 N–H and O–H groups in total. The van der Waals surface area contributed by atoms with Crippen molar-refractivity contribution in [3.8, 4) is 22.8 Å². The number of hydrogen-bond acceptors (Lipinski definition) is 5. The minimum absolute atomic E-state index is 0.161. The van der Waals surface area contributed by atoms with Gasteiger partial charge in [-0.3, -0.25) is 30.1 Å². The van der Waals surface area contributed by atoms with E-state index < -0.39 is 11.8 Å². The molecule has 2 heterocycles. The van der Waals surface area contributed by atoms with Gasteiger partial charge < -0.3 is 9.30 Å². The van der Waals surface area contributed by atoms with Crippen molar-refractivity contribution in [2.45, 2.75) is 20.4 Å². The molecule has 0 spiro atoms. The first-order valence-corrected chi connectivity index (χ1v) is 11.0. The maximum Gasteiger partial charge on any atom is 0.271 e. The highest BCUT2D eigenvalue weighted by Crippen LogP contribution is 2.22. The maximum atomic E-state index is 13.3. The van der Waals surface area contributed by atoms with E-state index in [0.29, 0.717) is 22.8 Å². The third kappa shape index (κ3) is 4.99. The first-order valence-electron chi connectivity index (χ1n) is 10.6. The zero-order chi connectivity index (χ0) is 25.1. The fourth-order valence-corrected chi connectivity index (χ4v) is 3.98. The van der Waals surface area contributed by atoms with E-state index in [4.69, 9.17) is 17.0 Å². The van der Waals surface area contributed by atoms with E-state index in [1.54, 1.807) is 56.5 Å². The lowest BCUT2D eigenvalue weighted by Crippen LogP contribution is -2.43. The number of aromatic amines is 1. The smallest absolute Gasteiger partial charge is 0.271 e. The van der Waals surface area contributed by atoms with Crippen LogP contribution in [0, 0.1) is 24.4 Å². The van der Waals surface area contributed by atoms with Crippen LogP contribution in [0.1, 0.15) is 21.7 Å². The predicted molar refractivity (Wildman–Crippen MR) is 130 cm³/mol. The third-order valence-electron chi connectivity index (χ3n) is 5.48. The number of hydrogen-bond donors (Lipinski definition) is 3. The van der Waals surface area contributed by atoms with Crippen molar-refractivity contribution in [3.05, 3.63) is 82.1 Å². The number of halogens is 1. The highest BCUT2D eigenvalue weighted by Gasteiger charge is 2.18. The molecule has 4 rings (SSSR count). The standard InChI is InChI=1S/C24H23FN6O3S/c1-14-12-20(15(2)31(14)18-8-6-17(25)7-9-18)23(33)28-26-21(32)13-30-22(27-29-24(30)35)16-4-10-19(34-3)11-5-16/h4-12H,13H2,1-3H3,(H,26,32)(H,28,33)(H,29,35). The molecule has 2 aromatic heterocycles. The van der Waals surface area contributed by atoms with Crippen molar-refractivity contribution < 1.29 is 18.7 Å². The molecule has 180 valence electrons. The number of aromatic nitrogens is 4. The molecule has 0 aliphatic heterocycles. The SMILES string of the molecule is COc1ccc(-c2n[nH]c(=S)n2CC(=O)NNC(=O)c2cc(C)n(-c3ccc(F)cc3)c2C)cc1. The normalized spacial score (nSPS) is 10.7. The molecule has 2 aromatic carbocycles. The number of aryl methyl sites for hydroxylation is 1. The van der Waals surface area contributed by atoms with Gasteiger partial charge in [0.1, 0.15) is 18.1 Å². The minimum atomic E-state index is -0.488. The Morgan fingerprint density at radius 3 is 2.43 bits per heavy atom. The summed E-state index contributed by atoms with van der Waals surface area (Å²) in [7, 11) is 1.57. The van der Waals surface area contributed by atoms with Gasteiger partial charge in [-0.1, -0.05) is 0 Å². The van der Waals surface area contributed by atoms with Crippen molar-refractivity contribution in [2.24, 2.45) is 0 Å². The highest BCUT2D eigenvalue weighted by molar-refractivity contribution is 7.71. The lowest BCUT2D eigenvalue weighted by atomic mass is 10.2. The van der Waals surface area contributed by atoms with Crippen LogP contribution in [0.4, 0.5) is 4.39 Å². The van der Waals surface area contributed by atoms with Crippen LogP contribution in [0.2, 0.25) is 0 Å². The Labute approximate surface area is 205 Å². The molecule has 0 aliphatic rings. The van der Waals surface area contributed by atoms with Gasteiger partial charge in [-0.05, 0) is 80.7 Å². The number of methoxy groups -OCH3 is 1. The molecule has 0 fully saturated rings. The van der Waals surface area contributed by atoms with Gasteiger partial charge >= 0.3 is 0 Å². The van der Waals surface area contributed by atoms with Gasteiger partial charge in [-0.25, -0.2) is 4.39 Å². The van der Waals surface area contributed by atoms with E-state index in [0.717, 1.165) is 16.9 Å². The molecule has 0 atom stereocenters. The van der Waals surface area contributed by atoms with Gasteiger partial charge in [0.2, 0.25) is 0 Å². The average molecular weight is 495 g/mol. The quantitative estimate of drug-likeness (QED) is 0.280. The van der Waals surface area contributed by atoms with Crippen LogP contribution in [0.3, 0.4) is 0 Å². The Morgan fingerprint density at radius 1 is 1.09 bits per heavy atom. The lowest BCUT2D eigenvalue weighted by molar-refractivity contribution is -0.122. The fourth-order valence-electron chi connectivity index (χ4n) is 3.78. The number of nitrogens with zero attached hydrogens (tertiary/aromatic N) is 3. The molecule has 0 radical (unpaired) electrons. The van der Waals surface area contributed by atoms with Gasteiger partial charge in [0.15, 0.2) is 10.6 Å². The van der Waals surface area contributed by atoms with Crippen LogP contribution in [-0.4, -0.2) is 38.3 Å². The van der Waals surface area contributed by atoms with Gasteiger partial charge in [0.05, 0.1) is 12.7 Å². The van der Waals surface area contributed by atoms with Gasteiger partial charge in [-0.15, -0.1) is 0 Å². The van der Waals surface area contributed by atoms with E-state index >= 15 is 0 Å². The summed E-state index contributed by atoms with van der Waals surface area (Å²) in [6, 6.07) is 14.8. The molecule has 4 aromatic rings. The van der Waals surface area contributed by atoms with Gasteiger partial charge in [0, 0.05) is 22.6 Å². The molecule has 11 heteroatoms. The Balaban J connectivity index is 1.45. The van der Waals surface area contributed by atoms with Crippen molar-refractivity contribution in [1.29, 1.82) is 0 Å². The zero-order valence-electron chi connectivity index (χ0n) is 19.3. The Bertz CT molecular complexity index is 1440. The second-order valence-corrected chi connectivity index (χ2v) is 8.15. The van der Waals surface area contributed by atoms with Crippen LogP contribution in [-0.2, 0) is 11.3 Å². The molecule has 9 nitrogen and oxygen atoms in total. The first-order chi connectivity index (χ1) is 16.8. The second kappa shape index (κ2) is 9.94. The number of nitrogens with one attached hydrogen (secondary N) is 3. The highest BCUT2D eigenvalue weighted by atomic mass is 32.1. The predicted octanol–water partition coefficient (Wildman–Crippen LogP) is 3.62. The average Bonchev–Trinajstić information content (AvgIpc) is 3.36. The van der Waals surface area contributed by atoms with Crippen molar-refractivity contribution >= 4 is 24.0 Å². The van der Waals surface area contributed by atoms with E-state index in [1.165, 1.54) is 16.7 Å². The van der Waals surface area contributed by atoms with Gasteiger partial charge in [-0.2, -0.15) is 5.10 Å². The van der Waals surface area contributed by atoms with E-state index in [9.17, 15) is 14.0 Å². The summed E-state index contributed by atoms with van der Waals surface area (Å²) in [6.07, 6.45) is 0. The maximum absolute atomic E-state index is 13.3. The number of rotatable bonds is 6. The monoisotopic (exact) mass is 494 g/mol. The molecule has 0 bridgehead atoms. The van der Waals surface area contributed by atoms with E-state index in [-0.39, 0.29) is 17.1 Å². The fraction of sp³-hybridized carbons (Fsp3) is 0.167. The first kappa shape index (κ1) is 23.9. The molecule has 35 heavy (non-hydrogen) atoms. The van der Waals surface area contributed by atoms with Crippen molar-refractivity contribution in [2.75, 3.05) is 7.11 Å². The molecule has 2 amide bonds. The van der Waals surface area contributed by atoms with Crippen LogP contribution in [0.15, 0.2) is 54.6 Å². The topological polar surface area (TPSA) is 106 Å². The molecular weight excluding hydrogens is 471 g/mol. The Morgan fingerprint density at radius 2 is 1.77 bits per heavy atom. The summed E-state index contributed by atoms with van der Waals surface area (Å²) in [5.74, 6) is -0.149. The second-order valence-electron chi connectivity index (χ2n) is 7.77. The van der Waals surface area contributed by atoms with Crippen LogP contribution in [0.25, 0.3) is 17.1 Å². The largest absolute Gasteiger partial charge is 0.497 e. The van der Waals surface area contributed by atoms with E-state index in [1.807, 2.05) is 11.5 Å². The summed E-state index contributed by atoms with van der Waals surface area (Å²) < 4.78 is 22.1. The summed E-state index contributed by atoms with van der Waals surface area (Å²) in [6.45, 7) is 3.46. The molecule has 0 aliphatic carbocycles. The number of amides is 2. The van der Waals surface area contributed by atoms with Crippen LogP contribution < -0.4 is 15.6 Å². The van der Waals surface area contributed by atoms with Crippen molar-refractivity contribution in [1.82, 2.24) is 30.2 Å². The zero-order valence-corrected chi connectivity index (χ0v) is 20.1. The summed E-state index contributed by atoms with van der Waals surface area (Å²) in [4.78, 5) is 25.4. The number of ether oxygens (including phenoxy) is 1. The Kier molecular flexibility index (Phi) is 6.78. The third-order valence-corrected chi connectivity index (χ3v) is 5.80. The summed E-state index contributed by atoms with van der Waals surface area (Å²) >= 11 is 5.27. The molecular formula is C24H23FN6O3S. The number of carbonyl (C=O) groups excluding carboxylic acids is 2.